The zero-order valence-corrected chi connectivity index (χ0v) is 16.0. The van der Waals surface area contributed by atoms with Crippen molar-refractivity contribution in [3.63, 3.8) is 0 Å². The average molecular weight is 361 g/mol. The third-order valence-corrected chi connectivity index (χ3v) is 3.30. The Labute approximate surface area is 151 Å². The highest BCUT2D eigenvalue weighted by molar-refractivity contribution is 5.80. The van der Waals surface area contributed by atoms with Gasteiger partial charge in [-0.2, -0.15) is 0 Å². The summed E-state index contributed by atoms with van der Waals surface area (Å²) in [7, 11) is 0. The first-order valence-electron chi connectivity index (χ1n) is 9.18. The number of carbonyl (C=O) groups is 2. The molecule has 0 atom stereocenters. The maximum Gasteiger partial charge on any atom is 0.220 e. The van der Waals surface area contributed by atoms with Crippen LogP contribution in [0.15, 0.2) is 0 Å². The Bertz CT molecular complexity index is 336. The first-order chi connectivity index (χ1) is 12.1. The average Bonchev–Trinajstić information content (AvgIpc) is 2.58. The van der Waals surface area contributed by atoms with Gasteiger partial charge in [-0.3, -0.25) is 9.59 Å². The summed E-state index contributed by atoms with van der Waals surface area (Å²) < 4.78 is 21.4. The molecule has 0 saturated heterocycles. The predicted molar refractivity (Wildman–Crippen MR) is 95.7 cm³/mol. The van der Waals surface area contributed by atoms with E-state index < -0.39 is 0 Å². The Kier molecular flexibility index (Phi) is 17.1. The van der Waals surface area contributed by atoms with Crippen molar-refractivity contribution in [1.82, 2.24) is 5.32 Å². The van der Waals surface area contributed by atoms with Crippen molar-refractivity contribution in [2.45, 2.75) is 40.0 Å². The quantitative estimate of drug-likeness (QED) is 0.373. The van der Waals surface area contributed by atoms with Crippen LogP contribution in [-0.2, 0) is 28.5 Å². The second-order valence-electron chi connectivity index (χ2n) is 5.92. The maximum absolute atomic E-state index is 11.4. The smallest absolute Gasteiger partial charge is 0.220 e. The minimum atomic E-state index is 0.0648. The molecule has 0 heterocycles. The van der Waals surface area contributed by atoms with Gasteiger partial charge in [0.15, 0.2) is 0 Å². The number of hydrogen-bond donors (Lipinski definition) is 1. The summed E-state index contributed by atoms with van der Waals surface area (Å²) in [5.74, 6) is 0.357. The lowest BCUT2D eigenvalue weighted by atomic mass is 10.1. The summed E-state index contributed by atoms with van der Waals surface area (Å²) in [4.78, 5) is 22.6. The van der Waals surface area contributed by atoms with Crippen LogP contribution in [-0.4, -0.2) is 71.1 Å². The molecule has 0 saturated carbocycles. The molecule has 0 rings (SSSR count). The second-order valence-corrected chi connectivity index (χ2v) is 5.92. The molecule has 0 bridgehead atoms. The summed E-state index contributed by atoms with van der Waals surface area (Å²) in [6, 6.07) is 0. The van der Waals surface area contributed by atoms with E-state index in [1.807, 2.05) is 20.8 Å². The maximum atomic E-state index is 11.4. The summed E-state index contributed by atoms with van der Waals surface area (Å²) in [6.45, 7) is 10.2. The molecule has 0 aromatic rings. The van der Waals surface area contributed by atoms with Crippen LogP contribution in [0.5, 0.6) is 0 Å². The summed E-state index contributed by atoms with van der Waals surface area (Å²) in [5.41, 5.74) is 0. The van der Waals surface area contributed by atoms with E-state index in [2.05, 4.69) is 5.32 Å². The molecule has 0 aliphatic heterocycles. The van der Waals surface area contributed by atoms with E-state index in [1.54, 1.807) is 0 Å². The molecule has 0 aromatic heterocycles. The molecule has 25 heavy (non-hydrogen) atoms. The van der Waals surface area contributed by atoms with Crippen LogP contribution in [0, 0.1) is 5.92 Å². The highest BCUT2D eigenvalue weighted by atomic mass is 16.6. The fourth-order valence-electron chi connectivity index (χ4n) is 1.80. The molecule has 1 amide bonds. The van der Waals surface area contributed by atoms with E-state index in [0.717, 1.165) is 6.42 Å². The van der Waals surface area contributed by atoms with Gasteiger partial charge in [-0.15, -0.1) is 0 Å². The minimum Gasteiger partial charge on any atom is -0.379 e. The van der Waals surface area contributed by atoms with Gasteiger partial charge in [0.25, 0.3) is 0 Å². The number of ether oxygens (including phenoxy) is 4. The normalized spacial score (nSPS) is 11.0. The van der Waals surface area contributed by atoms with Gasteiger partial charge in [0.1, 0.15) is 5.78 Å². The topological polar surface area (TPSA) is 83.1 Å². The van der Waals surface area contributed by atoms with Crippen molar-refractivity contribution in [1.29, 1.82) is 0 Å². The van der Waals surface area contributed by atoms with Crippen LogP contribution in [0.4, 0.5) is 0 Å². The van der Waals surface area contributed by atoms with Crippen molar-refractivity contribution in [2.75, 3.05) is 59.4 Å². The van der Waals surface area contributed by atoms with Crippen LogP contribution < -0.4 is 5.32 Å². The molecule has 148 valence electrons. The molecular weight excluding hydrogens is 326 g/mol. The SMILES string of the molecule is CCCC(=O)NCCOCCOCCOCCOCCC(=O)C(C)C. The van der Waals surface area contributed by atoms with E-state index in [9.17, 15) is 9.59 Å². The minimum absolute atomic E-state index is 0.0648. The Morgan fingerprint density at radius 2 is 1.24 bits per heavy atom. The van der Waals surface area contributed by atoms with E-state index in [1.165, 1.54) is 0 Å². The van der Waals surface area contributed by atoms with Crippen molar-refractivity contribution in [3.05, 3.63) is 0 Å². The highest BCUT2D eigenvalue weighted by Gasteiger charge is 2.06. The number of hydrogen-bond acceptors (Lipinski definition) is 6. The first-order valence-corrected chi connectivity index (χ1v) is 9.18. The number of amides is 1. The lowest BCUT2D eigenvalue weighted by Crippen LogP contribution is -2.27. The predicted octanol–water partition coefficient (Wildman–Crippen LogP) is 1.58. The van der Waals surface area contributed by atoms with Crippen LogP contribution in [0.1, 0.15) is 40.0 Å². The van der Waals surface area contributed by atoms with Gasteiger partial charge < -0.3 is 24.3 Å². The Hall–Kier alpha value is -1.02. The number of ketones is 1. The van der Waals surface area contributed by atoms with Gasteiger partial charge in [-0.05, 0) is 6.42 Å². The largest absolute Gasteiger partial charge is 0.379 e. The van der Waals surface area contributed by atoms with Crippen molar-refractivity contribution < 1.29 is 28.5 Å². The van der Waals surface area contributed by atoms with Gasteiger partial charge >= 0.3 is 0 Å². The Morgan fingerprint density at radius 1 is 0.760 bits per heavy atom. The van der Waals surface area contributed by atoms with Crippen LogP contribution in [0.25, 0.3) is 0 Å². The fourth-order valence-corrected chi connectivity index (χ4v) is 1.80. The van der Waals surface area contributed by atoms with E-state index >= 15 is 0 Å². The van der Waals surface area contributed by atoms with Crippen LogP contribution in [0.2, 0.25) is 0 Å². The summed E-state index contributed by atoms with van der Waals surface area (Å²) in [6.07, 6.45) is 1.87. The number of carbonyl (C=O) groups excluding carboxylic acids is 2. The van der Waals surface area contributed by atoms with E-state index in [0.29, 0.717) is 72.2 Å². The molecular formula is C18H35NO6. The third kappa shape index (κ3) is 17.6. The van der Waals surface area contributed by atoms with Gasteiger partial charge in [0.05, 0.1) is 52.9 Å². The monoisotopic (exact) mass is 361 g/mol. The molecule has 7 heteroatoms. The molecule has 0 unspecified atom stereocenters. The lowest BCUT2D eigenvalue weighted by Gasteiger charge is -2.08. The molecule has 0 fully saturated rings. The van der Waals surface area contributed by atoms with Crippen molar-refractivity contribution in [2.24, 2.45) is 5.92 Å². The summed E-state index contributed by atoms with van der Waals surface area (Å²) in [5, 5.41) is 2.78. The third-order valence-electron chi connectivity index (χ3n) is 3.30. The Balaban J connectivity index is 3.12. The van der Waals surface area contributed by atoms with Gasteiger partial charge in [0.2, 0.25) is 5.91 Å². The molecule has 0 radical (unpaired) electrons. The number of Topliss-reactive ketones (excluding diaryl/α,β-unsaturated/α-hetero) is 1. The summed E-state index contributed by atoms with van der Waals surface area (Å²) >= 11 is 0. The number of rotatable bonds is 18. The number of nitrogens with one attached hydrogen (secondary N) is 1. The lowest BCUT2D eigenvalue weighted by molar-refractivity contribution is -0.123. The first kappa shape index (κ1) is 24.0. The van der Waals surface area contributed by atoms with Crippen molar-refractivity contribution >= 4 is 11.7 Å². The van der Waals surface area contributed by atoms with E-state index in [-0.39, 0.29) is 17.6 Å². The van der Waals surface area contributed by atoms with Crippen LogP contribution >= 0.6 is 0 Å². The molecule has 0 aromatic carbocycles. The Morgan fingerprint density at radius 3 is 1.72 bits per heavy atom. The molecule has 0 spiro atoms. The molecule has 0 aliphatic carbocycles. The zero-order valence-electron chi connectivity index (χ0n) is 16.0. The van der Waals surface area contributed by atoms with Crippen molar-refractivity contribution in [3.8, 4) is 0 Å². The highest BCUT2D eigenvalue weighted by Crippen LogP contribution is 1.98. The standard InChI is InChI=1S/C18H35NO6/c1-4-5-18(21)19-7-9-23-11-13-25-15-14-24-12-10-22-8-6-17(20)16(2)3/h16H,4-15H2,1-3H3,(H,19,21). The molecule has 1 N–H and O–H groups in total. The fraction of sp³-hybridized carbons (Fsp3) is 0.889. The van der Waals surface area contributed by atoms with Gasteiger partial charge in [-0.1, -0.05) is 20.8 Å². The zero-order chi connectivity index (χ0) is 18.8. The molecule has 0 aliphatic rings. The van der Waals surface area contributed by atoms with E-state index in [4.69, 9.17) is 18.9 Å². The molecule has 7 nitrogen and oxygen atoms in total. The van der Waals surface area contributed by atoms with Gasteiger partial charge in [0, 0.05) is 25.3 Å². The second kappa shape index (κ2) is 17.8. The van der Waals surface area contributed by atoms with Gasteiger partial charge in [-0.25, -0.2) is 0 Å². The van der Waals surface area contributed by atoms with Crippen LogP contribution in [0.3, 0.4) is 0 Å².